The van der Waals surface area contributed by atoms with Gasteiger partial charge in [0, 0.05) is 39.1 Å². The molecule has 1 fully saturated rings. The molecular weight excluding hydrogens is 404 g/mol. The quantitative estimate of drug-likeness (QED) is 0.527. The SMILES string of the molecule is C#CCNc1nc(Nc2nc(CC)nc(N3CCN(C)CC3)n2)c(CNC)nc1Cl. The van der Waals surface area contributed by atoms with Crippen molar-refractivity contribution in [2.24, 2.45) is 0 Å². The third-order valence-corrected chi connectivity index (χ3v) is 4.89. The molecule has 3 rings (SSSR count). The summed E-state index contributed by atoms with van der Waals surface area (Å²) in [6.45, 7) is 6.46. The first kappa shape index (κ1) is 22.0. The zero-order valence-electron chi connectivity index (χ0n) is 17.5. The molecular formula is C19H27ClN10. The number of terminal acetylenes is 1. The van der Waals surface area contributed by atoms with Crippen LogP contribution in [0.25, 0.3) is 0 Å². The average Bonchev–Trinajstić information content (AvgIpc) is 2.75. The van der Waals surface area contributed by atoms with Crippen LogP contribution in [0.2, 0.25) is 5.15 Å². The van der Waals surface area contributed by atoms with E-state index in [1.165, 1.54) is 0 Å². The summed E-state index contributed by atoms with van der Waals surface area (Å²) in [7, 11) is 3.94. The number of anilines is 4. The molecule has 0 atom stereocenters. The molecule has 10 nitrogen and oxygen atoms in total. The van der Waals surface area contributed by atoms with Gasteiger partial charge in [-0.05, 0) is 14.1 Å². The zero-order chi connectivity index (χ0) is 21.5. The van der Waals surface area contributed by atoms with Gasteiger partial charge in [0.15, 0.2) is 16.8 Å². The maximum Gasteiger partial charge on any atom is 0.233 e. The molecule has 3 heterocycles. The van der Waals surface area contributed by atoms with Gasteiger partial charge >= 0.3 is 0 Å². The highest BCUT2D eigenvalue weighted by Gasteiger charge is 2.19. The summed E-state index contributed by atoms with van der Waals surface area (Å²) in [5, 5.41) is 9.50. The van der Waals surface area contributed by atoms with Gasteiger partial charge in [0.2, 0.25) is 11.9 Å². The number of hydrogen-bond acceptors (Lipinski definition) is 10. The minimum absolute atomic E-state index is 0.254. The Labute approximate surface area is 181 Å². The lowest BCUT2D eigenvalue weighted by Gasteiger charge is -2.32. The van der Waals surface area contributed by atoms with Crippen LogP contribution in [0, 0.1) is 12.3 Å². The Hall–Kier alpha value is -2.74. The second-order valence-corrected chi connectivity index (χ2v) is 7.25. The Balaban J connectivity index is 1.92. The summed E-state index contributed by atoms with van der Waals surface area (Å²) >= 11 is 6.25. The molecule has 0 aliphatic carbocycles. The van der Waals surface area contributed by atoms with Crippen LogP contribution in [0.5, 0.6) is 0 Å². The van der Waals surface area contributed by atoms with Crippen LogP contribution >= 0.6 is 11.6 Å². The largest absolute Gasteiger partial charge is 0.357 e. The van der Waals surface area contributed by atoms with Crippen molar-refractivity contribution in [1.82, 2.24) is 35.1 Å². The molecule has 2 aromatic heterocycles. The van der Waals surface area contributed by atoms with E-state index in [1.807, 2.05) is 14.0 Å². The highest BCUT2D eigenvalue weighted by molar-refractivity contribution is 6.31. The fourth-order valence-corrected chi connectivity index (χ4v) is 3.17. The van der Waals surface area contributed by atoms with E-state index in [4.69, 9.17) is 18.0 Å². The summed E-state index contributed by atoms with van der Waals surface area (Å²) in [6.07, 6.45) is 6.03. The number of likely N-dealkylation sites (N-methyl/N-ethyl adjacent to an activating group) is 1. The van der Waals surface area contributed by atoms with Gasteiger partial charge in [-0.25, -0.2) is 9.97 Å². The molecule has 1 saturated heterocycles. The van der Waals surface area contributed by atoms with E-state index >= 15 is 0 Å². The van der Waals surface area contributed by atoms with Crippen LogP contribution in [0.3, 0.4) is 0 Å². The summed E-state index contributed by atoms with van der Waals surface area (Å²) in [5.74, 6) is 5.21. The molecule has 0 unspecified atom stereocenters. The Morgan fingerprint density at radius 1 is 1.07 bits per heavy atom. The average molecular weight is 431 g/mol. The Morgan fingerprint density at radius 2 is 1.83 bits per heavy atom. The second kappa shape index (κ2) is 10.3. The van der Waals surface area contributed by atoms with Gasteiger partial charge in [-0.15, -0.1) is 6.42 Å². The highest BCUT2D eigenvalue weighted by atomic mass is 35.5. The number of nitrogens with zero attached hydrogens (tertiary/aromatic N) is 7. The van der Waals surface area contributed by atoms with Crippen molar-refractivity contribution in [3.63, 3.8) is 0 Å². The van der Waals surface area contributed by atoms with Gasteiger partial charge < -0.3 is 25.8 Å². The van der Waals surface area contributed by atoms with Crippen molar-refractivity contribution < 1.29 is 0 Å². The second-order valence-electron chi connectivity index (χ2n) is 6.89. The van der Waals surface area contributed by atoms with Gasteiger partial charge in [0.25, 0.3) is 0 Å². The summed E-state index contributed by atoms with van der Waals surface area (Å²) in [5.41, 5.74) is 0.647. The van der Waals surface area contributed by atoms with Crippen molar-refractivity contribution in [2.45, 2.75) is 19.9 Å². The normalized spacial score (nSPS) is 14.4. The first-order valence-electron chi connectivity index (χ1n) is 9.87. The molecule has 3 N–H and O–H groups in total. The van der Waals surface area contributed by atoms with Crippen LogP contribution in [0.15, 0.2) is 0 Å². The molecule has 160 valence electrons. The molecule has 1 aliphatic heterocycles. The molecule has 0 aromatic carbocycles. The molecule has 2 aromatic rings. The number of nitrogens with one attached hydrogen (secondary N) is 3. The number of aryl methyl sites for hydroxylation is 1. The van der Waals surface area contributed by atoms with Crippen LogP contribution in [-0.4, -0.2) is 76.6 Å². The number of aromatic nitrogens is 5. The lowest BCUT2D eigenvalue weighted by molar-refractivity contribution is 0.311. The molecule has 1 aliphatic rings. The van der Waals surface area contributed by atoms with E-state index < -0.39 is 0 Å². The van der Waals surface area contributed by atoms with E-state index in [0.717, 1.165) is 26.2 Å². The van der Waals surface area contributed by atoms with Crippen molar-refractivity contribution >= 4 is 35.1 Å². The maximum absolute atomic E-state index is 6.25. The van der Waals surface area contributed by atoms with Gasteiger partial charge in [0.05, 0.1) is 12.2 Å². The first-order valence-corrected chi connectivity index (χ1v) is 10.3. The lowest BCUT2D eigenvalue weighted by atomic mass is 10.3. The van der Waals surface area contributed by atoms with E-state index in [1.54, 1.807) is 0 Å². The summed E-state index contributed by atoms with van der Waals surface area (Å²) in [6, 6.07) is 0. The topological polar surface area (TPSA) is 107 Å². The van der Waals surface area contributed by atoms with E-state index in [9.17, 15) is 0 Å². The number of hydrogen-bond donors (Lipinski definition) is 3. The van der Waals surface area contributed by atoms with Gasteiger partial charge in [-0.1, -0.05) is 24.4 Å². The highest BCUT2D eigenvalue weighted by Crippen LogP contribution is 2.24. The van der Waals surface area contributed by atoms with Crippen molar-refractivity contribution in [3.8, 4) is 12.3 Å². The molecule has 30 heavy (non-hydrogen) atoms. The van der Waals surface area contributed by atoms with Crippen molar-refractivity contribution in [3.05, 3.63) is 16.7 Å². The van der Waals surface area contributed by atoms with Gasteiger partial charge in [0.1, 0.15) is 5.82 Å². The van der Waals surface area contributed by atoms with Crippen LogP contribution in [-0.2, 0) is 13.0 Å². The third-order valence-electron chi connectivity index (χ3n) is 4.63. The molecule has 0 saturated carbocycles. The van der Waals surface area contributed by atoms with E-state index in [-0.39, 0.29) is 5.15 Å². The van der Waals surface area contributed by atoms with Crippen LogP contribution in [0.1, 0.15) is 18.4 Å². The third kappa shape index (κ3) is 5.44. The van der Waals surface area contributed by atoms with E-state index in [0.29, 0.717) is 54.6 Å². The van der Waals surface area contributed by atoms with Crippen LogP contribution in [0.4, 0.5) is 23.5 Å². The predicted molar refractivity (Wildman–Crippen MR) is 119 cm³/mol. The summed E-state index contributed by atoms with van der Waals surface area (Å²) in [4.78, 5) is 27.2. The lowest BCUT2D eigenvalue weighted by Crippen LogP contribution is -2.45. The van der Waals surface area contributed by atoms with Crippen LogP contribution < -0.4 is 20.9 Å². The maximum atomic E-state index is 6.25. The Morgan fingerprint density at radius 3 is 2.50 bits per heavy atom. The molecule has 0 amide bonds. The molecule has 0 spiro atoms. The standard InChI is InChI=1S/C19H27ClN10/c1-5-7-22-17-15(20)23-13(12-21-3)16(26-17)27-18-24-14(6-2)25-19(28-18)30-10-8-29(4)9-11-30/h1,21H,6-12H2,2-4H3,(H2,22,24,25,26,27,28). The number of halogens is 1. The first-order chi connectivity index (χ1) is 14.5. The number of rotatable bonds is 8. The van der Waals surface area contributed by atoms with Gasteiger partial charge in [-0.3, -0.25) is 0 Å². The van der Waals surface area contributed by atoms with Gasteiger partial charge in [-0.2, -0.15) is 15.0 Å². The minimum atomic E-state index is 0.254. The monoisotopic (exact) mass is 430 g/mol. The Bertz CT molecular complexity index is 905. The minimum Gasteiger partial charge on any atom is -0.357 e. The molecule has 11 heteroatoms. The molecule has 0 bridgehead atoms. The summed E-state index contributed by atoms with van der Waals surface area (Å²) < 4.78 is 0. The van der Waals surface area contributed by atoms with E-state index in [2.05, 4.69) is 63.6 Å². The van der Waals surface area contributed by atoms with Crippen molar-refractivity contribution in [1.29, 1.82) is 0 Å². The smallest absolute Gasteiger partial charge is 0.233 e. The Kier molecular flexibility index (Phi) is 7.57. The predicted octanol–water partition coefficient (Wildman–Crippen LogP) is 1.14. The molecule has 0 radical (unpaired) electrons. The fourth-order valence-electron chi connectivity index (χ4n) is 2.96. The number of piperazine rings is 1. The fraction of sp³-hybridized carbons (Fsp3) is 0.526. The van der Waals surface area contributed by atoms with Crippen molar-refractivity contribution in [2.75, 3.05) is 62.4 Å². The zero-order valence-corrected chi connectivity index (χ0v) is 18.3.